The van der Waals surface area contributed by atoms with Gasteiger partial charge >= 0.3 is 5.97 Å². The van der Waals surface area contributed by atoms with E-state index in [0.717, 1.165) is 7.11 Å². The molecule has 1 heterocycles. The molecule has 0 spiro atoms. The highest BCUT2D eigenvalue weighted by molar-refractivity contribution is 6.11. The molecular formula is C43H37N7O14. The molecule has 328 valence electrons. The van der Waals surface area contributed by atoms with E-state index < -0.39 is 64.8 Å². The number of amides is 6. The van der Waals surface area contributed by atoms with Crippen molar-refractivity contribution in [1.29, 1.82) is 0 Å². The number of carboxylic acid groups (broad SMARTS) is 1. The molecule has 0 aliphatic carbocycles. The third kappa shape index (κ3) is 10.2. The van der Waals surface area contributed by atoms with Crippen molar-refractivity contribution in [3.63, 3.8) is 0 Å². The fraction of sp³-hybridized carbons (Fsp3) is 0.140. The van der Waals surface area contributed by atoms with Crippen molar-refractivity contribution >= 4 is 69.8 Å². The number of primary amides is 1. The van der Waals surface area contributed by atoms with Crippen LogP contribution in [0.1, 0.15) is 58.7 Å². The number of carboxylic acids is 1. The van der Waals surface area contributed by atoms with Crippen LogP contribution in [0.2, 0.25) is 0 Å². The number of non-ortho nitro benzene ring substituents is 1. The number of nitrogens with two attached hydrogens (primary N) is 1. The molecule has 0 aromatic heterocycles. The molecule has 8 N–H and O–H groups in total. The van der Waals surface area contributed by atoms with Crippen molar-refractivity contribution in [3.05, 3.63) is 141 Å². The number of nitrogens with one attached hydrogen (secondary N) is 5. The van der Waals surface area contributed by atoms with Crippen LogP contribution in [0.4, 0.5) is 28.4 Å². The van der Waals surface area contributed by atoms with Crippen LogP contribution in [0.15, 0.2) is 103 Å². The number of benzene rings is 5. The summed E-state index contributed by atoms with van der Waals surface area (Å²) in [4.78, 5) is 100. The molecule has 3 unspecified atom stereocenters. The van der Waals surface area contributed by atoms with Gasteiger partial charge in [-0.25, -0.2) is 4.79 Å². The summed E-state index contributed by atoms with van der Waals surface area (Å²) in [6.07, 6.45) is -2.44. The second-order valence-electron chi connectivity index (χ2n) is 13.7. The minimum Gasteiger partial charge on any atom is -0.495 e. The second kappa shape index (κ2) is 19.2. The van der Waals surface area contributed by atoms with Gasteiger partial charge in [0.25, 0.3) is 29.3 Å². The van der Waals surface area contributed by atoms with E-state index in [9.17, 15) is 48.8 Å². The number of nitro benzene ring substituents is 1. The van der Waals surface area contributed by atoms with Crippen LogP contribution < -0.4 is 46.5 Å². The number of anilines is 4. The molecule has 6 rings (SSSR count). The summed E-state index contributed by atoms with van der Waals surface area (Å²) < 4.78 is 21.9. The molecule has 64 heavy (non-hydrogen) atoms. The normalized spacial score (nSPS) is 13.3. The van der Waals surface area contributed by atoms with Gasteiger partial charge in [-0.3, -0.25) is 38.9 Å². The predicted molar refractivity (Wildman–Crippen MR) is 227 cm³/mol. The molecule has 6 amide bonds. The first-order valence-electron chi connectivity index (χ1n) is 18.8. The number of hydrogen-bond acceptors (Lipinski definition) is 13. The zero-order valence-electron chi connectivity index (χ0n) is 33.8. The monoisotopic (exact) mass is 875 g/mol. The van der Waals surface area contributed by atoms with Crippen LogP contribution in [0.3, 0.4) is 0 Å². The number of methoxy groups -OCH3 is 2. The van der Waals surface area contributed by atoms with Crippen LogP contribution >= 0.6 is 0 Å². The number of rotatable bonds is 16. The molecule has 3 atom stereocenters. The maximum atomic E-state index is 13.5. The number of carbonyl (C=O) groups is 7. The molecule has 0 saturated carbocycles. The highest BCUT2D eigenvalue weighted by Crippen LogP contribution is 2.44. The number of fused-ring (bicyclic) bond motifs is 1. The second-order valence-corrected chi connectivity index (χ2v) is 13.7. The number of nitro groups is 1. The molecule has 0 radical (unpaired) electrons. The van der Waals surface area contributed by atoms with Gasteiger partial charge in [0.1, 0.15) is 11.8 Å². The third-order valence-electron chi connectivity index (χ3n) is 9.44. The molecule has 0 bridgehead atoms. The molecule has 1 aliphatic rings. The van der Waals surface area contributed by atoms with E-state index in [1.165, 1.54) is 110 Å². The summed E-state index contributed by atoms with van der Waals surface area (Å²) in [5.41, 5.74) is 6.41. The minimum absolute atomic E-state index is 0.0289. The van der Waals surface area contributed by atoms with Crippen molar-refractivity contribution in [2.45, 2.75) is 25.4 Å². The number of aromatic carboxylic acids is 1. The fourth-order valence-electron chi connectivity index (χ4n) is 6.23. The third-order valence-corrected chi connectivity index (χ3v) is 9.44. The van der Waals surface area contributed by atoms with Crippen LogP contribution in [-0.4, -0.2) is 84.1 Å². The lowest BCUT2D eigenvalue weighted by Gasteiger charge is -2.24. The van der Waals surface area contributed by atoms with Gasteiger partial charge in [0.15, 0.2) is 17.6 Å². The zero-order valence-corrected chi connectivity index (χ0v) is 33.8. The fourth-order valence-corrected chi connectivity index (χ4v) is 6.23. The first-order chi connectivity index (χ1) is 30.6. The molecule has 5 aromatic carbocycles. The highest BCUT2D eigenvalue weighted by atomic mass is 16.7. The summed E-state index contributed by atoms with van der Waals surface area (Å²) in [5, 5.41) is 33.2. The first kappa shape index (κ1) is 44.7. The van der Waals surface area contributed by atoms with Gasteiger partial charge < -0.3 is 56.4 Å². The summed E-state index contributed by atoms with van der Waals surface area (Å²) in [6.45, 7) is 1.58. The van der Waals surface area contributed by atoms with Crippen LogP contribution in [0.5, 0.6) is 17.2 Å². The Balaban J connectivity index is 1.10. The van der Waals surface area contributed by atoms with E-state index >= 15 is 0 Å². The molecule has 21 nitrogen and oxygen atoms in total. The largest absolute Gasteiger partial charge is 0.495 e. The maximum absolute atomic E-state index is 13.5. The SMILES string of the molecule is COc1cc(C(=O)O)ccc1NC(=O)c1ccc(NC(=O)c2ccc(NC(=O)C(NC(=O)c3ccc(NC(=O)c4ccc([N+](=O)[O-])cc4)cc3)C(OC)C(N)=O)cc2)c2c1OC(C)O2. The maximum Gasteiger partial charge on any atom is 0.335 e. The summed E-state index contributed by atoms with van der Waals surface area (Å²) in [6, 6.07) is 21.1. The standard InChI is InChI=1S/C43H37N7O14/c1-21-63-34-29(41(55)47-30-18-10-25(43(57)58)20-32(30)61-2)17-19-31(35(34)64-21)48-39(53)22-4-13-27(14-5-22)46-42(56)33(36(62-3)37(44)51)49-40(54)23-6-11-26(12-7-23)45-38(52)24-8-15-28(16-9-24)50(59)60/h4-21,33,36H,1-3H3,(H2,44,51)(H,45,52)(H,46,56)(H,47,55)(H,48,53)(H,49,54)(H,57,58). The quantitative estimate of drug-likeness (QED) is 0.0534. The Bertz CT molecular complexity index is 2670. The Hall–Kier alpha value is -8.85. The average Bonchev–Trinajstić information content (AvgIpc) is 3.68. The van der Waals surface area contributed by atoms with E-state index in [4.69, 9.17) is 24.7 Å². The van der Waals surface area contributed by atoms with Gasteiger partial charge in [-0.15, -0.1) is 0 Å². The Morgan fingerprint density at radius 3 is 1.75 bits per heavy atom. The molecule has 21 heteroatoms. The van der Waals surface area contributed by atoms with E-state index in [2.05, 4.69) is 26.6 Å². The van der Waals surface area contributed by atoms with Gasteiger partial charge in [-0.1, -0.05) is 0 Å². The number of hydrogen-bond donors (Lipinski definition) is 7. The van der Waals surface area contributed by atoms with E-state index in [1.54, 1.807) is 6.92 Å². The minimum atomic E-state index is -1.64. The van der Waals surface area contributed by atoms with Crippen LogP contribution in [-0.2, 0) is 14.3 Å². The van der Waals surface area contributed by atoms with Gasteiger partial charge in [-0.05, 0) is 91.0 Å². The van der Waals surface area contributed by atoms with E-state index in [-0.39, 0.29) is 73.5 Å². The van der Waals surface area contributed by atoms with Crippen molar-refractivity contribution in [3.8, 4) is 17.2 Å². The Kier molecular flexibility index (Phi) is 13.4. The van der Waals surface area contributed by atoms with Crippen molar-refractivity contribution in [2.24, 2.45) is 5.73 Å². The predicted octanol–water partition coefficient (Wildman–Crippen LogP) is 4.41. The number of nitrogens with zero attached hydrogens (tertiary/aromatic N) is 1. The molecule has 0 fully saturated rings. The average molecular weight is 876 g/mol. The number of carbonyl (C=O) groups excluding carboxylic acids is 6. The lowest BCUT2D eigenvalue weighted by atomic mass is 10.1. The van der Waals surface area contributed by atoms with Crippen molar-refractivity contribution in [1.82, 2.24) is 5.32 Å². The first-order valence-corrected chi connectivity index (χ1v) is 18.8. The molecule has 5 aromatic rings. The lowest BCUT2D eigenvalue weighted by Crippen LogP contribution is -2.56. The summed E-state index contributed by atoms with van der Waals surface area (Å²) in [5.74, 6) is -5.54. The topological polar surface area (TPSA) is 306 Å². The smallest absolute Gasteiger partial charge is 0.335 e. The van der Waals surface area contributed by atoms with E-state index in [0.29, 0.717) is 0 Å². The van der Waals surface area contributed by atoms with Gasteiger partial charge in [-0.2, -0.15) is 0 Å². The van der Waals surface area contributed by atoms with Crippen molar-refractivity contribution < 1.29 is 62.5 Å². The lowest BCUT2D eigenvalue weighted by molar-refractivity contribution is -0.384. The highest BCUT2D eigenvalue weighted by Gasteiger charge is 2.35. The zero-order chi connectivity index (χ0) is 46.2. The van der Waals surface area contributed by atoms with Crippen LogP contribution in [0.25, 0.3) is 0 Å². The summed E-state index contributed by atoms with van der Waals surface area (Å²) in [7, 11) is 2.44. The molecular weight excluding hydrogens is 839 g/mol. The van der Waals surface area contributed by atoms with Gasteiger partial charge in [0.2, 0.25) is 18.1 Å². The van der Waals surface area contributed by atoms with Gasteiger partial charge in [0.05, 0.1) is 34.5 Å². The Labute approximate surface area is 362 Å². The molecule has 1 aliphatic heterocycles. The van der Waals surface area contributed by atoms with Gasteiger partial charge in [0, 0.05) is 54.2 Å². The number of ether oxygens (including phenoxy) is 4. The van der Waals surface area contributed by atoms with Crippen LogP contribution in [0, 0.1) is 10.1 Å². The summed E-state index contributed by atoms with van der Waals surface area (Å²) >= 11 is 0. The van der Waals surface area contributed by atoms with E-state index in [1.807, 2.05) is 0 Å². The van der Waals surface area contributed by atoms with Crippen molar-refractivity contribution in [2.75, 3.05) is 35.5 Å². The Morgan fingerprint density at radius 2 is 1.19 bits per heavy atom. The Morgan fingerprint density at radius 1 is 0.672 bits per heavy atom. The molecule has 0 saturated heterocycles.